The summed E-state index contributed by atoms with van der Waals surface area (Å²) in [6.07, 6.45) is 8.14. The minimum atomic E-state index is -0.374. The number of carbonyl (C=O) groups is 1. The zero-order valence-corrected chi connectivity index (χ0v) is 16.1. The lowest BCUT2D eigenvalue weighted by Crippen LogP contribution is -2.63. The lowest BCUT2D eigenvalue weighted by molar-refractivity contribution is -0.228. The summed E-state index contributed by atoms with van der Waals surface area (Å²) in [6.45, 7) is 13.0. The third-order valence-electron chi connectivity index (χ3n) is 8.24. The molecule has 3 saturated carbocycles. The minimum Gasteiger partial charge on any atom is -0.458 e. The van der Waals surface area contributed by atoms with E-state index in [1.807, 2.05) is 13.8 Å². The Morgan fingerprint density at radius 2 is 1.52 bits per heavy atom. The highest BCUT2D eigenvalue weighted by molar-refractivity contribution is 5.76. The molecule has 0 aromatic carbocycles. The van der Waals surface area contributed by atoms with Gasteiger partial charge in [0, 0.05) is 5.41 Å². The Bertz CT molecular complexity index is 458. The van der Waals surface area contributed by atoms with Gasteiger partial charge in [-0.1, -0.05) is 27.7 Å². The van der Waals surface area contributed by atoms with E-state index in [0.717, 1.165) is 42.9 Å². The van der Waals surface area contributed by atoms with Crippen molar-refractivity contribution >= 4 is 5.97 Å². The van der Waals surface area contributed by atoms with Gasteiger partial charge in [-0.15, -0.1) is 0 Å². The van der Waals surface area contributed by atoms with Gasteiger partial charge < -0.3 is 4.74 Å². The molecule has 0 heterocycles. The maximum atomic E-state index is 12.8. The Morgan fingerprint density at radius 1 is 1.00 bits per heavy atom. The van der Waals surface area contributed by atoms with Crippen LogP contribution in [-0.2, 0) is 9.53 Å². The molecule has 2 atom stereocenters. The van der Waals surface area contributed by atoms with E-state index in [2.05, 4.69) is 27.7 Å². The maximum Gasteiger partial charge on any atom is 0.312 e. The Labute approximate surface area is 142 Å². The van der Waals surface area contributed by atoms with Crippen molar-refractivity contribution in [1.29, 1.82) is 0 Å². The molecule has 2 nitrogen and oxygen atoms in total. The van der Waals surface area contributed by atoms with Crippen LogP contribution in [0.25, 0.3) is 0 Å². The molecule has 2 unspecified atom stereocenters. The van der Waals surface area contributed by atoms with E-state index in [0.29, 0.717) is 0 Å². The fraction of sp³-hybridized carbons (Fsp3) is 0.952. The van der Waals surface area contributed by atoms with Crippen molar-refractivity contribution in [2.45, 2.75) is 92.1 Å². The van der Waals surface area contributed by atoms with Gasteiger partial charge in [0.1, 0.15) is 5.60 Å². The van der Waals surface area contributed by atoms with Gasteiger partial charge in [-0.2, -0.15) is 0 Å². The molecule has 3 aliphatic carbocycles. The Kier molecular flexibility index (Phi) is 4.13. The molecule has 23 heavy (non-hydrogen) atoms. The van der Waals surface area contributed by atoms with Crippen molar-refractivity contribution in [2.75, 3.05) is 0 Å². The molecule has 0 bridgehead atoms. The van der Waals surface area contributed by atoms with Gasteiger partial charge in [0.05, 0.1) is 5.41 Å². The molecule has 2 heteroatoms. The molecule has 132 valence electrons. The van der Waals surface area contributed by atoms with Crippen molar-refractivity contribution in [2.24, 2.45) is 34.5 Å². The van der Waals surface area contributed by atoms with Crippen molar-refractivity contribution in [1.82, 2.24) is 0 Å². The van der Waals surface area contributed by atoms with E-state index in [1.54, 1.807) is 0 Å². The molecule has 0 aliphatic heterocycles. The summed E-state index contributed by atoms with van der Waals surface area (Å²) in [7, 11) is 0. The topological polar surface area (TPSA) is 26.3 Å². The number of rotatable bonds is 6. The standard InChI is InChI=1S/C21H36O2/c1-7-19(4,5)18(22)23-21(8-2,9-3)20(6)12-15-10-14-11-16(13-20)17(14)15/h14-17H,7-13H2,1-6H3. The molecule has 3 fully saturated rings. The number of hydrogen-bond donors (Lipinski definition) is 0. The van der Waals surface area contributed by atoms with Crippen LogP contribution < -0.4 is 0 Å². The largest absolute Gasteiger partial charge is 0.458 e. The lowest BCUT2D eigenvalue weighted by atomic mass is 9.38. The Morgan fingerprint density at radius 3 is 1.91 bits per heavy atom. The third-order valence-corrected chi connectivity index (χ3v) is 8.24. The van der Waals surface area contributed by atoms with Crippen LogP contribution in [0.2, 0.25) is 0 Å². The van der Waals surface area contributed by atoms with E-state index in [-0.39, 0.29) is 22.4 Å². The second-order valence-electron chi connectivity index (χ2n) is 9.63. The highest BCUT2D eigenvalue weighted by atomic mass is 16.6. The fourth-order valence-corrected chi connectivity index (χ4v) is 6.15. The summed E-state index contributed by atoms with van der Waals surface area (Å²) in [6, 6.07) is 0. The summed E-state index contributed by atoms with van der Waals surface area (Å²) >= 11 is 0. The molecule has 3 aliphatic rings. The first-order valence-corrected chi connectivity index (χ1v) is 9.95. The number of esters is 1. The first-order valence-electron chi connectivity index (χ1n) is 9.95. The first-order chi connectivity index (χ1) is 10.7. The summed E-state index contributed by atoms with van der Waals surface area (Å²) in [4.78, 5) is 12.8. The molecule has 0 spiro atoms. The molecule has 0 radical (unpaired) electrons. The van der Waals surface area contributed by atoms with Crippen LogP contribution in [0.5, 0.6) is 0 Å². The molecular weight excluding hydrogens is 284 g/mol. The van der Waals surface area contributed by atoms with E-state index in [4.69, 9.17) is 4.74 Å². The third kappa shape index (κ3) is 2.38. The predicted octanol–water partition coefficient (Wildman–Crippen LogP) is 5.60. The highest BCUT2D eigenvalue weighted by Gasteiger charge is 2.64. The van der Waals surface area contributed by atoms with Crippen LogP contribution in [0, 0.1) is 34.5 Å². The molecule has 0 saturated heterocycles. The van der Waals surface area contributed by atoms with E-state index >= 15 is 0 Å². The van der Waals surface area contributed by atoms with Gasteiger partial charge >= 0.3 is 5.97 Å². The zero-order valence-electron chi connectivity index (χ0n) is 16.1. The van der Waals surface area contributed by atoms with Crippen molar-refractivity contribution in [3.63, 3.8) is 0 Å². The monoisotopic (exact) mass is 320 g/mol. The van der Waals surface area contributed by atoms with E-state index < -0.39 is 0 Å². The molecule has 0 aromatic heterocycles. The van der Waals surface area contributed by atoms with E-state index in [9.17, 15) is 4.79 Å². The minimum absolute atomic E-state index is 0.00661. The van der Waals surface area contributed by atoms with Crippen molar-refractivity contribution < 1.29 is 9.53 Å². The maximum absolute atomic E-state index is 12.8. The predicted molar refractivity (Wildman–Crippen MR) is 94.0 cm³/mol. The van der Waals surface area contributed by atoms with Crippen LogP contribution in [0.15, 0.2) is 0 Å². The van der Waals surface area contributed by atoms with Crippen LogP contribution >= 0.6 is 0 Å². The van der Waals surface area contributed by atoms with E-state index in [1.165, 1.54) is 25.7 Å². The highest BCUT2D eigenvalue weighted by Crippen LogP contribution is 2.69. The Hall–Kier alpha value is -0.530. The van der Waals surface area contributed by atoms with Crippen LogP contribution in [0.3, 0.4) is 0 Å². The van der Waals surface area contributed by atoms with Crippen LogP contribution in [-0.4, -0.2) is 11.6 Å². The van der Waals surface area contributed by atoms with Gasteiger partial charge in [0.15, 0.2) is 0 Å². The van der Waals surface area contributed by atoms with Gasteiger partial charge in [-0.25, -0.2) is 0 Å². The normalized spacial score (nSPS) is 39.0. The smallest absolute Gasteiger partial charge is 0.312 e. The zero-order chi connectivity index (χ0) is 17.0. The molecule has 3 rings (SSSR count). The number of hydrogen-bond acceptors (Lipinski definition) is 2. The molecule has 0 amide bonds. The second-order valence-corrected chi connectivity index (χ2v) is 9.63. The van der Waals surface area contributed by atoms with Crippen molar-refractivity contribution in [3.05, 3.63) is 0 Å². The summed E-state index contributed by atoms with van der Waals surface area (Å²) < 4.78 is 6.37. The van der Waals surface area contributed by atoms with Gasteiger partial charge in [0.25, 0.3) is 0 Å². The average molecular weight is 321 g/mol. The van der Waals surface area contributed by atoms with Gasteiger partial charge in [-0.05, 0) is 82.5 Å². The van der Waals surface area contributed by atoms with Gasteiger partial charge in [-0.3, -0.25) is 4.79 Å². The van der Waals surface area contributed by atoms with Gasteiger partial charge in [0.2, 0.25) is 0 Å². The molecule has 0 N–H and O–H groups in total. The number of carbonyl (C=O) groups excluding carboxylic acids is 1. The summed E-state index contributed by atoms with van der Waals surface area (Å²) in [5, 5.41) is 0. The molecule has 0 aromatic rings. The quantitative estimate of drug-likeness (QED) is 0.596. The number of ether oxygens (including phenoxy) is 1. The summed E-state index contributed by atoms with van der Waals surface area (Å²) in [5.74, 6) is 3.90. The molecular formula is C21H36O2. The fourth-order valence-electron chi connectivity index (χ4n) is 6.15. The van der Waals surface area contributed by atoms with Crippen LogP contribution in [0.4, 0.5) is 0 Å². The van der Waals surface area contributed by atoms with Crippen LogP contribution in [0.1, 0.15) is 86.5 Å². The van der Waals surface area contributed by atoms with Crippen molar-refractivity contribution in [3.8, 4) is 0 Å². The summed E-state index contributed by atoms with van der Waals surface area (Å²) in [5.41, 5.74) is -0.490. The second kappa shape index (κ2) is 5.49. The average Bonchev–Trinajstić information content (AvgIpc) is 2.47. The first kappa shape index (κ1) is 17.3. The SMILES string of the molecule is CCC(C)(C)C(=O)OC(CC)(CC)C1(C)CC2CC3CC(C1)C32. The lowest BCUT2D eigenvalue weighted by Gasteiger charge is -2.68. The Balaban J connectivity index is 1.83.